The van der Waals surface area contributed by atoms with E-state index in [4.69, 9.17) is 9.47 Å². The zero-order chi connectivity index (χ0) is 15.4. The number of ether oxygens (including phenoxy) is 2. The van der Waals surface area contributed by atoms with Crippen molar-refractivity contribution in [2.75, 3.05) is 21.3 Å². The fourth-order valence-corrected chi connectivity index (χ4v) is 2.28. The van der Waals surface area contributed by atoms with Crippen LogP contribution in [0.2, 0.25) is 0 Å². The van der Waals surface area contributed by atoms with Gasteiger partial charge in [-0.05, 0) is 19.2 Å². The van der Waals surface area contributed by atoms with Crippen molar-refractivity contribution in [2.24, 2.45) is 0 Å². The molecule has 2 rings (SSSR count). The first-order valence-corrected chi connectivity index (χ1v) is 6.45. The lowest BCUT2D eigenvalue weighted by atomic mass is 9.97. The van der Waals surface area contributed by atoms with Crippen molar-refractivity contribution in [3.8, 4) is 11.5 Å². The zero-order valence-electron chi connectivity index (χ0n) is 12.1. The first kappa shape index (κ1) is 15.3. The van der Waals surface area contributed by atoms with Crippen LogP contribution < -0.4 is 14.8 Å². The Balaban J connectivity index is 2.55. The van der Waals surface area contributed by atoms with Crippen LogP contribution in [-0.4, -0.2) is 21.3 Å². The van der Waals surface area contributed by atoms with Crippen LogP contribution in [0.1, 0.15) is 17.2 Å². The van der Waals surface area contributed by atoms with Gasteiger partial charge in [0.2, 0.25) is 0 Å². The molecule has 112 valence electrons. The second kappa shape index (κ2) is 6.54. The smallest absolute Gasteiger partial charge is 0.163 e. The molecule has 0 aromatic heterocycles. The van der Waals surface area contributed by atoms with E-state index in [1.165, 1.54) is 32.4 Å². The van der Waals surface area contributed by atoms with Crippen molar-refractivity contribution in [1.29, 1.82) is 0 Å². The number of benzene rings is 2. The van der Waals surface area contributed by atoms with Gasteiger partial charge in [0.15, 0.2) is 11.5 Å². The Labute approximate surface area is 122 Å². The summed E-state index contributed by atoms with van der Waals surface area (Å²) in [6.45, 7) is 0. The van der Waals surface area contributed by atoms with E-state index in [0.717, 1.165) is 0 Å². The van der Waals surface area contributed by atoms with Crippen molar-refractivity contribution in [3.63, 3.8) is 0 Å². The normalized spacial score (nSPS) is 12.0. The Morgan fingerprint density at radius 3 is 2.10 bits per heavy atom. The molecule has 0 fully saturated rings. The maximum absolute atomic E-state index is 14.3. The topological polar surface area (TPSA) is 30.5 Å². The molecule has 0 saturated heterocycles. The second-order valence-corrected chi connectivity index (χ2v) is 4.47. The highest BCUT2D eigenvalue weighted by Crippen LogP contribution is 2.35. The van der Waals surface area contributed by atoms with Crippen molar-refractivity contribution in [2.45, 2.75) is 6.04 Å². The molecule has 2 aromatic carbocycles. The van der Waals surface area contributed by atoms with E-state index in [9.17, 15) is 8.78 Å². The average molecular weight is 293 g/mol. The molecule has 0 saturated carbocycles. The van der Waals surface area contributed by atoms with Gasteiger partial charge in [0.25, 0.3) is 0 Å². The first-order chi connectivity index (χ1) is 10.1. The highest BCUT2D eigenvalue weighted by Gasteiger charge is 2.22. The number of hydrogen-bond acceptors (Lipinski definition) is 3. The Morgan fingerprint density at radius 1 is 0.905 bits per heavy atom. The fraction of sp³-hybridized carbons (Fsp3) is 0.250. The monoisotopic (exact) mass is 293 g/mol. The van der Waals surface area contributed by atoms with Crippen LogP contribution in [-0.2, 0) is 0 Å². The summed E-state index contributed by atoms with van der Waals surface area (Å²) in [5, 5.41) is 2.93. The number of rotatable bonds is 5. The van der Waals surface area contributed by atoms with Crippen LogP contribution >= 0.6 is 0 Å². The zero-order valence-corrected chi connectivity index (χ0v) is 12.1. The quantitative estimate of drug-likeness (QED) is 0.917. The molecule has 3 nitrogen and oxygen atoms in total. The number of methoxy groups -OCH3 is 2. The van der Waals surface area contributed by atoms with Gasteiger partial charge in [-0.15, -0.1) is 0 Å². The standard InChI is InChI=1S/C16H17F2NO2/c1-19-16(10-6-4-5-7-12(10)17)11-8-14(20-2)15(21-3)9-13(11)18/h4-9,16,19H,1-3H3. The van der Waals surface area contributed by atoms with Gasteiger partial charge in [-0.2, -0.15) is 0 Å². The molecule has 0 bridgehead atoms. The molecule has 1 N–H and O–H groups in total. The minimum absolute atomic E-state index is 0.292. The molecule has 0 radical (unpaired) electrons. The van der Waals surface area contributed by atoms with Crippen LogP contribution in [0.25, 0.3) is 0 Å². The highest BCUT2D eigenvalue weighted by molar-refractivity contribution is 5.47. The maximum Gasteiger partial charge on any atom is 0.163 e. The van der Waals surface area contributed by atoms with E-state index in [-0.39, 0.29) is 0 Å². The van der Waals surface area contributed by atoms with E-state index < -0.39 is 17.7 Å². The third-order valence-corrected chi connectivity index (χ3v) is 3.32. The lowest BCUT2D eigenvalue weighted by Gasteiger charge is -2.20. The van der Waals surface area contributed by atoms with Crippen molar-refractivity contribution >= 4 is 0 Å². The predicted octanol–water partition coefficient (Wildman–Crippen LogP) is 3.29. The van der Waals surface area contributed by atoms with Crippen LogP contribution in [0.15, 0.2) is 36.4 Å². The Bertz CT molecular complexity index is 632. The van der Waals surface area contributed by atoms with Crippen LogP contribution in [0.4, 0.5) is 8.78 Å². The summed E-state index contributed by atoms with van der Waals surface area (Å²) in [5.74, 6) is -0.200. The summed E-state index contributed by atoms with van der Waals surface area (Å²) in [7, 11) is 4.55. The molecule has 0 heterocycles. The average Bonchev–Trinajstić information content (AvgIpc) is 2.50. The van der Waals surface area contributed by atoms with Crippen LogP contribution in [0.5, 0.6) is 11.5 Å². The molecule has 1 atom stereocenters. The van der Waals surface area contributed by atoms with Crippen LogP contribution in [0, 0.1) is 11.6 Å². The maximum atomic E-state index is 14.3. The molecule has 0 amide bonds. The molecule has 0 aliphatic carbocycles. The van der Waals surface area contributed by atoms with Crippen molar-refractivity contribution in [3.05, 3.63) is 59.2 Å². The molecule has 5 heteroatoms. The Kier molecular flexibility index (Phi) is 4.75. The lowest BCUT2D eigenvalue weighted by Crippen LogP contribution is -2.20. The minimum atomic E-state index is -0.619. The van der Waals surface area contributed by atoms with Gasteiger partial charge in [0.1, 0.15) is 11.6 Å². The van der Waals surface area contributed by atoms with Gasteiger partial charge in [-0.25, -0.2) is 8.78 Å². The van der Waals surface area contributed by atoms with Crippen LogP contribution in [0.3, 0.4) is 0 Å². The third kappa shape index (κ3) is 2.97. The summed E-state index contributed by atoms with van der Waals surface area (Å²) in [6.07, 6.45) is 0. The minimum Gasteiger partial charge on any atom is -0.493 e. The summed E-state index contributed by atoms with van der Waals surface area (Å²) in [5.41, 5.74) is 0.659. The molecule has 21 heavy (non-hydrogen) atoms. The predicted molar refractivity (Wildman–Crippen MR) is 76.8 cm³/mol. The Morgan fingerprint density at radius 2 is 1.52 bits per heavy atom. The van der Waals surface area contributed by atoms with E-state index >= 15 is 0 Å². The SMILES string of the molecule is CNC(c1ccccc1F)c1cc(OC)c(OC)cc1F. The van der Waals surface area contributed by atoms with Gasteiger partial charge < -0.3 is 14.8 Å². The molecule has 0 aliphatic rings. The summed E-state index contributed by atoms with van der Waals surface area (Å²) < 4.78 is 38.5. The molecule has 1 unspecified atom stereocenters. The summed E-state index contributed by atoms with van der Waals surface area (Å²) in [6, 6.07) is 8.40. The molecule has 0 aliphatic heterocycles. The largest absolute Gasteiger partial charge is 0.493 e. The fourth-order valence-electron chi connectivity index (χ4n) is 2.28. The highest BCUT2D eigenvalue weighted by atomic mass is 19.1. The second-order valence-electron chi connectivity index (χ2n) is 4.47. The molecular weight excluding hydrogens is 276 g/mol. The molecular formula is C16H17F2NO2. The third-order valence-electron chi connectivity index (χ3n) is 3.32. The lowest BCUT2D eigenvalue weighted by molar-refractivity contribution is 0.351. The van der Waals surface area contributed by atoms with Crippen molar-refractivity contribution in [1.82, 2.24) is 5.32 Å². The first-order valence-electron chi connectivity index (χ1n) is 6.45. The van der Waals surface area contributed by atoms with Gasteiger partial charge in [-0.1, -0.05) is 18.2 Å². The van der Waals surface area contributed by atoms with Crippen molar-refractivity contribution < 1.29 is 18.3 Å². The molecule has 2 aromatic rings. The number of hydrogen-bond donors (Lipinski definition) is 1. The van der Waals surface area contributed by atoms with Gasteiger partial charge in [-0.3, -0.25) is 0 Å². The van der Waals surface area contributed by atoms with E-state index in [1.807, 2.05) is 0 Å². The number of halogens is 2. The van der Waals surface area contributed by atoms with Gasteiger partial charge >= 0.3 is 0 Å². The Hall–Kier alpha value is -2.14. The summed E-state index contributed by atoms with van der Waals surface area (Å²) in [4.78, 5) is 0. The summed E-state index contributed by atoms with van der Waals surface area (Å²) >= 11 is 0. The number of nitrogens with one attached hydrogen (secondary N) is 1. The van der Waals surface area contributed by atoms with E-state index in [1.54, 1.807) is 25.2 Å². The van der Waals surface area contributed by atoms with Gasteiger partial charge in [0, 0.05) is 17.2 Å². The van der Waals surface area contributed by atoms with E-state index in [2.05, 4.69) is 5.32 Å². The van der Waals surface area contributed by atoms with E-state index in [0.29, 0.717) is 22.6 Å². The molecule has 0 spiro atoms. The van der Waals surface area contributed by atoms with Gasteiger partial charge in [0.05, 0.1) is 20.3 Å².